The van der Waals surface area contributed by atoms with Crippen molar-refractivity contribution in [3.05, 3.63) is 28.7 Å². The SMILES string of the molecule is Cc1cc2nc(C)c(CCC(=O)N(C)C3CCCCC3)c(C)n2n1. The van der Waals surface area contributed by atoms with E-state index in [9.17, 15) is 4.79 Å². The van der Waals surface area contributed by atoms with Crippen molar-refractivity contribution < 1.29 is 4.79 Å². The van der Waals surface area contributed by atoms with E-state index in [0.717, 1.165) is 47.6 Å². The number of rotatable bonds is 4. The predicted molar refractivity (Wildman–Crippen MR) is 95.2 cm³/mol. The summed E-state index contributed by atoms with van der Waals surface area (Å²) in [5, 5.41) is 4.51. The molecule has 0 aliphatic heterocycles. The van der Waals surface area contributed by atoms with Gasteiger partial charge in [-0.3, -0.25) is 4.79 Å². The fourth-order valence-corrected chi connectivity index (χ4v) is 3.88. The Balaban J connectivity index is 1.71. The molecule has 0 radical (unpaired) electrons. The van der Waals surface area contributed by atoms with Crippen molar-refractivity contribution in [3.63, 3.8) is 0 Å². The number of aryl methyl sites for hydroxylation is 3. The molecule has 3 rings (SSSR count). The second kappa shape index (κ2) is 6.91. The minimum absolute atomic E-state index is 0.248. The first kappa shape index (κ1) is 16.9. The Morgan fingerprint density at radius 2 is 1.96 bits per heavy atom. The Hall–Kier alpha value is -1.91. The number of hydrogen-bond donors (Lipinski definition) is 0. The molecule has 1 saturated carbocycles. The molecular formula is C19H28N4O. The van der Waals surface area contributed by atoms with Gasteiger partial charge in [-0.2, -0.15) is 5.10 Å². The van der Waals surface area contributed by atoms with Gasteiger partial charge in [0.1, 0.15) is 0 Å². The zero-order chi connectivity index (χ0) is 17.3. The largest absolute Gasteiger partial charge is 0.343 e. The third-order valence-electron chi connectivity index (χ3n) is 5.39. The van der Waals surface area contributed by atoms with E-state index in [1.165, 1.54) is 19.3 Å². The number of amides is 1. The summed E-state index contributed by atoms with van der Waals surface area (Å²) >= 11 is 0. The van der Waals surface area contributed by atoms with Crippen LogP contribution in [0.25, 0.3) is 5.65 Å². The Morgan fingerprint density at radius 3 is 2.67 bits per heavy atom. The highest BCUT2D eigenvalue weighted by Crippen LogP contribution is 2.23. The molecule has 2 aromatic heterocycles. The molecule has 0 unspecified atom stereocenters. The number of aromatic nitrogens is 3. The molecule has 1 fully saturated rings. The summed E-state index contributed by atoms with van der Waals surface area (Å²) in [6, 6.07) is 2.43. The van der Waals surface area contributed by atoms with Crippen LogP contribution in [0, 0.1) is 20.8 Å². The Morgan fingerprint density at radius 1 is 1.25 bits per heavy atom. The molecule has 0 atom stereocenters. The lowest BCUT2D eigenvalue weighted by atomic mass is 9.94. The van der Waals surface area contributed by atoms with Crippen LogP contribution in [0.2, 0.25) is 0 Å². The lowest BCUT2D eigenvalue weighted by Gasteiger charge is -2.31. The van der Waals surface area contributed by atoms with Crippen molar-refractivity contribution in [1.29, 1.82) is 0 Å². The molecule has 0 saturated heterocycles. The molecule has 5 nitrogen and oxygen atoms in total. The fourth-order valence-electron chi connectivity index (χ4n) is 3.88. The van der Waals surface area contributed by atoms with Gasteiger partial charge >= 0.3 is 0 Å². The minimum Gasteiger partial charge on any atom is -0.343 e. The first-order valence-electron chi connectivity index (χ1n) is 9.05. The topological polar surface area (TPSA) is 50.5 Å². The number of carbonyl (C=O) groups is 1. The quantitative estimate of drug-likeness (QED) is 0.864. The summed E-state index contributed by atoms with van der Waals surface area (Å²) in [5.74, 6) is 0.248. The monoisotopic (exact) mass is 328 g/mol. The van der Waals surface area contributed by atoms with Crippen molar-refractivity contribution in [2.75, 3.05) is 7.05 Å². The van der Waals surface area contributed by atoms with Crippen LogP contribution in [0.5, 0.6) is 0 Å². The molecule has 2 aromatic rings. The maximum absolute atomic E-state index is 12.6. The molecule has 0 aromatic carbocycles. The minimum atomic E-state index is 0.248. The van der Waals surface area contributed by atoms with Crippen LogP contribution >= 0.6 is 0 Å². The Labute approximate surface area is 144 Å². The highest BCUT2D eigenvalue weighted by atomic mass is 16.2. The molecule has 130 valence electrons. The zero-order valence-electron chi connectivity index (χ0n) is 15.3. The normalized spacial score (nSPS) is 15.8. The van der Waals surface area contributed by atoms with Crippen LogP contribution in [0.3, 0.4) is 0 Å². The van der Waals surface area contributed by atoms with E-state index in [1.807, 2.05) is 36.4 Å². The average Bonchev–Trinajstić information content (AvgIpc) is 2.95. The number of hydrogen-bond acceptors (Lipinski definition) is 3. The summed E-state index contributed by atoms with van der Waals surface area (Å²) in [7, 11) is 1.97. The summed E-state index contributed by atoms with van der Waals surface area (Å²) in [6.45, 7) is 6.07. The first-order chi connectivity index (χ1) is 11.5. The first-order valence-corrected chi connectivity index (χ1v) is 9.05. The van der Waals surface area contributed by atoms with Crippen molar-refractivity contribution in [3.8, 4) is 0 Å². The van der Waals surface area contributed by atoms with Gasteiger partial charge in [0.05, 0.1) is 5.69 Å². The van der Waals surface area contributed by atoms with Gasteiger partial charge in [-0.05, 0) is 45.6 Å². The molecule has 1 aliphatic rings. The highest BCUT2D eigenvalue weighted by Gasteiger charge is 2.22. The van der Waals surface area contributed by atoms with E-state index in [-0.39, 0.29) is 5.91 Å². The van der Waals surface area contributed by atoms with Crippen LogP contribution in [-0.2, 0) is 11.2 Å². The summed E-state index contributed by atoms with van der Waals surface area (Å²) in [4.78, 5) is 19.2. The van der Waals surface area contributed by atoms with Gasteiger partial charge in [0.2, 0.25) is 5.91 Å². The lowest BCUT2D eigenvalue weighted by molar-refractivity contribution is -0.132. The number of carbonyl (C=O) groups excluding carboxylic acids is 1. The van der Waals surface area contributed by atoms with Gasteiger partial charge in [0.25, 0.3) is 0 Å². The molecule has 0 bridgehead atoms. The molecule has 0 N–H and O–H groups in total. The summed E-state index contributed by atoms with van der Waals surface area (Å²) in [5.41, 5.74) is 5.11. The van der Waals surface area contributed by atoms with E-state index in [4.69, 9.17) is 0 Å². The summed E-state index contributed by atoms with van der Waals surface area (Å²) in [6.07, 6.45) is 7.39. The molecule has 1 aliphatic carbocycles. The molecule has 0 spiro atoms. The zero-order valence-corrected chi connectivity index (χ0v) is 15.3. The predicted octanol–water partition coefficient (Wildman–Crippen LogP) is 3.38. The maximum Gasteiger partial charge on any atom is 0.222 e. The third-order valence-corrected chi connectivity index (χ3v) is 5.39. The van der Waals surface area contributed by atoms with Gasteiger partial charge in [-0.1, -0.05) is 19.3 Å². The van der Waals surface area contributed by atoms with Gasteiger partial charge < -0.3 is 4.90 Å². The van der Waals surface area contributed by atoms with Gasteiger partial charge in [-0.15, -0.1) is 0 Å². The van der Waals surface area contributed by atoms with Gasteiger partial charge in [0.15, 0.2) is 5.65 Å². The molecule has 5 heteroatoms. The molecule has 24 heavy (non-hydrogen) atoms. The van der Waals surface area contributed by atoms with Crippen LogP contribution in [0.15, 0.2) is 6.07 Å². The van der Waals surface area contributed by atoms with Crippen molar-refractivity contribution in [1.82, 2.24) is 19.5 Å². The number of nitrogens with zero attached hydrogens (tertiary/aromatic N) is 4. The van der Waals surface area contributed by atoms with Gasteiger partial charge in [0, 0.05) is 37.0 Å². The van der Waals surface area contributed by atoms with E-state index in [0.29, 0.717) is 12.5 Å². The molecule has 2 heterocycles. The van der Waals surface area contributed by atoms with Crippen molar-refractivity contribution in [2.45, 2.75) is 71.8 Å². The summed E-state index contributed by atoms with van der Waals surface area (Å²) < 4.78 is 1.90. The third kappa shape index (κ3) is 3.30. The van der Waals surface area contributed by atoms with E-state index in [1.54, 1.807) is 0 Å². The Kier molecular flexibility index (Phi) is 4.88. The molecular weight excluding hydrogens is 300 g/mol. The van der Waals surface area contributed by atoms with Crippen molar-refractivity contribution in [2.24, 2.45) is 0 Å². The lowest BCUT2D eigenvalue weighted by Crippen LogP contribution is -2.38. The molecule has 1 amide bonds. The smallest absolute Gasteiger partial charge is 0.222 e. The second-order valence-corrected chi connectivity index (χ2v) is 7.11. The van der Waals surface area contributed by atoms with Crippen LogP contribution < -0.4 is 0 Å². The van der Waals surface area contributed by atoms with Gasteiger partial charge in [-0.25, -0.2) is 9.50 Å². The van der Waals surface area contributed by atoms with E-state index < -0.39 is 0 Å². The van der Waals surface area contributed by atoms with E-state index in [2.05, 4.69) is 17.0 Å². The fraction of sp³-hybridized carbons (Fsp3) is 0.632. The highest BCUT2D eigenvalue weighted by molar-refractivity contribution is 5.76. The van der Waals surface area contributed by atoms with Crippen LogP contribution in [0.4, 0.5) is 0 Å². The second-order valence-electron chi connectivity index (χ2n) is 7.11. The van der Waals surface area contributed by atoms with Crippen LogP contribution in [-0.4, -0.2) is 38.5 Å². The van der Waals surface area contributed by atoms with Crippen molar-refractivity contribution >= 4 is 11.6 Å². The maximum atomic E-state index is 12.6. The number of fused-ring (bicyclic) bond motifs is 1. The average molecular weight is 328 g/mol. The van der Waals surface area contributed by atoms with E-state index >= 15 is 0 Å². The standard InChI is InChI=1S/C19H28N4O/c1-13-12-18-20-14(2)17(15(3)23(18)21-13)10-11-19(24)22(4)16-8-6-5-7-9-16/h12,16H,5-11H2,1-4H3. The Bertz CT molecular complexity index is 743. The van der Waals surface area contributed by atoms with Crippen LogP contribution in [0.1, 0.15) is 61.2 Å².